The number of nitrogens with one attached hydrogen (secondary N) is 1. The van der Waals surface area contributed by atoms with Gasteiger partial charge in [0.2, 0.25) is 0 Å². The lowest BCUT2D eigenvalue weighted by Crippen LogP contribution is -2.47. The van der Waals surface area contributed by atoms with Gasteiger partial charge >= 0.3 is 6.09 Å². The van der Waals surface area contributed by atoms with E-state index in [1.54, 1.807) is 16.8 Å². The molecule has 1 unspecified atom stereocenters. The van der Waals surface area contributed by atoms with E-state index in [4.69, 9.17) is 11.6 Å². The standard InChI is InChI=1S/C20H23ClFN3O3/c1-20(2,3)25(19(27)28)7-6-14-10-23-18(26)17-8-12(11-24(14)17)15-9-13(21)4-5-16(15)22/h4-5,8-9,11,14H,6-7,10H2,1-3H3,(H,23,26)(H,27,28). The summed E-state index contributed by atoms with van der Waals surface area (Å²) in [6.45, 7) is 6.22. The zero-order valence-corrected chi connectivity index (χ0v) is 16.8. The fourth-order valence-corrected chi connectivity index (χ4v) is 3.64. The second kappa shape index (κ2) is 7.47. The molecule has 1 atom stereocenters. The second-order valence-corrected chi connectivity index (χ2v) is 8.34. The minimum absolute atomic E-state index is 0.132. The molecule has 0 spiro atoms. The molecule has 0 bridgehead atoms. The first-order chi connectivity index (χ1) is 13.1. The molecule has 0 aliphatic carbocycles. The van der Waals surface area contributed by atoms with Gasteiger partial charge in [0.25, 0.3) is 5.91 Å². The van der Waals surface area contributed by atoms with Crippen molar-refractivity contribution in [1.29, 1.82) is 0 Å². The molecular formula is C20H23ClFN3O3. The lowest BCUT2D eigenvalue weighted by molar-refractivity contribution is 0.0867. The molecule has 0 saturated heterocycles. The minimum atomic E-state index is -0.984. The van der Waals surface area contributed by atoms with Gasteiger partial charge in [-0.15, -0.1) is 0 Å². The van der Waals surface area contributed by atoms with Gasteiger partial charge < -0.3 is 19.9 Å². The predicted molar refractivity (Wildman–Crippen MR) is 105 cm³/mol. The van der Waals surface area contributed by atoms with Crippen LogP contribution in [0.4, 0.5) is 9.18 Å². The number of aromatic nitrogens is 1. The van der Waals surface area contributed by atoms with Crippen molar-refractivity contribution in [3.63, 3.8) is 0 Å². The number of halogens is 2. The molecule has 3 rings (SSSR count). The highest BCUT2D eigenvalue weighted by atomic mass is 35.5. The van der Waals surface area contributed by atoms with Gasteiger partial charge in [0, 0.05) is 41.0 Å². The van der Waals surface area contributed by atoms with E-state index in [-0.39, 0.29) is 11.9 Å². The molecule has 0 fully saturated rings. The summed E-state index contributed by atoms with van der Waals surface area (Å²) in [5, 5.41) is 12.7. The van der Waals surface area contributed by atoms with E-state index in [2.05, 4.69) is 5.32 Å². The van der Waals surface area contributed by atoms with Crippen LogP contribution in [0.15, 0.2) is 30.5 Å². The summed E-state index contributed by atoms with van der Waals surface area (Å²) in [5.41, 5.74) is 0.771. The molecule has 0 radical (unpaired) electrons. The molecule has 150 valence electrons. The summed E-state index contributed by atoms with van der Waals surface area (Å²) in [6, 6.07) is 5.79. The van der Waals surface area contributed by atoms with Crippen molar-refractivity contribution in [2.75, 3.05) is 13.1 Å². The Morgan fingerprint density at radius 1 is 1.39 bits per heavy atom. The van der Waals surface area contributed by atoms with Crippen molar-refractivity contribution in [3.8, 4) is 11.1 Å². The van der Waals surface area contributed by atoms with Gasteiger partial charge in [-0.25, -0.2) is 9.18 Å². The zero-order valence-electron chi connectivity index (χ0n) is 16.0. The number of fused-ring (bicyclic) bond motifs is 1. The number of carbonyl (C=O) groups is 2. The lowest BCUT2D eigenvalue weighted by atomic mass is 10.0. The summed E-state index contributed by atoms with van der Waals surface area (Å²) in [4.78, 5) is 25.2. The summed E-state index contributed by atoms with van der Waals surface area (Å²) in [5.74, 6) is -0.662. The monoisotopic (exact) mass is 407 g/mol. The van der Waals surface area contributed by atoms with Crippen molar-refractivity contribution in [2.24, 2.45) is 0 Å². The van der Waals surface area contributed by atoms with Crippen LogP contribution in [-0.4, -0.2) is 45.2 Å². The largest absolute Gasteiger partial charge is 0.465 e. The normalized spacial score (nSPS) is 16.5. The van der Waals surface area contributed by atoms with E-state index in [0.29, 0.717) is 41.4 Å². The molecule has 1 aliphatic rings. The van der Waals surface area contributed by atoms with Crippen molar-refractivity contribution < 1.29 is 19.1 Å². The number of rotatable bonds is 4. The van der Waals surface area contributed by atoms with Crippen LogP contribution < -0.4 is 5.32 Å². The van der Waals surface area contributed by atoms with Crippen LogP contribution in [0.5, 0.6) is 0 Å². The average Bonchev–Trinajstić information content (AvgIpc) is 3.04. The average molecular weight is 408 g/mol. The van der Waals surface area contributed by atoms with Gasteiger partial charge in [-0.3, -0.25) is 4.79 Å². The topological polar surface area (TPSA) is 74.6 Å². The molecule has 6 nitrogen and oxygen atoms in total. The number of carbonyl (C=O) groups excluding carboxylic acids is 1. The maximum Gasteiger partial charge on any atom is 0.407 e. The maximum absolute atomic E-state index is 14.2. The van der Waals surface area contributed by atoms with Crippen molar-refractivity contribution in [2.45, 2.75) is 38.8 Å². The second-order valence-electron chi connectivity index (χ2n) is 7.90. The molecule has 2 N–H and O–H groups in total. The predicted octanol–water partition coefficient (Wildman–Crippen LogP) is 4.40. The van der Waals surface area contributed by atoms with Crippen molar-refractivity contribution in [1.82, 2.24) is 14.8 Å². The third-order valence-electron chi connectivity index (χ3n) is 4.94. The molecule has 1 aliphatic heterocycles. The minimum Gasteiger partial charge on any atom is -0.465 e. The van der Waals surface area contributed by atoms with Gasteiger partial charge in [0.05, 0.1) is 6.04 Å². The van der Waals surface area contributed by atoms with E-state index in [9.17, 15) is 19.1 Å². The van der Waals surface area contributed by atoms with Crippen LogP contribution >= 0.6 is 11.6 Å². The number of hydrogen-bond donors (Lipinski definition) is 2. The first-order valence-electron chi connectivity index (χ1n) is 9.04. The molecule has 2 amide bonds. The Balaban J connectivity index is 1.90. The molecular weight excluding hydrogens is 385 g/mol. The van der Waals surface area contributed by atoms with Crippen LogP contribution in [-0.2, 0) is 0 Å². The fourth-order valence-electron chi connectivity index (χ4n) is 3.47. The molecule has 0 saturated carbocycles. The summed E-state index contributed by atoms with van der Waals surface area (Å²) < 4.78 is 16.1. The molecule has 1 aromatic heterocycles. The number of carboxylic acid groups (broad SMARTS) is 1. The SMILES string of the molecule is CC(C)(C)N(CCC1CNC(=O)c2cc(-c3cc(Cl)ccc3F)cn21)C(=O)O. The highest BCUT2D eigenvalue weighted by Gasteiger charge is 2.30. The van der Waals surface area contributed by atoms with Crippen LogP contribution in [0.1, 0.15) is 43.7 Å². The Hall–Kier alpha value is -2.54. The fraction of sp³-hybridized carbons (Fsp3) is 0.400. The highest BCUT2D eigenvalue weighted by Crippen LogP contribution is 2.31. The Morgan fingerprint density at radius 2 is 2.11 bits per heavy atom. The van der Waals surface area contributed by atoms with Gasteiger partial charge in [0.1, 0.15) is 11.5 Å². The van der Waals surface area contributed by atoms with Gasteiger partial charge in [0.15, 0.2) is 0 Å². The number of benzene rings is 1. The van der Waals surface area contributed by atoms with Crippen LogP contribution in [0, 0.1) is 5.82 Å². The van der Waals surface area contributed by atoms with E-state index in [1.165, 1.54) is 23.1 Å². The maximum atomic E-state index is 14.2. The number of hydrogen-bond acceptors (Lipinski definition) is 2. The van der Waals surface area contributed by atoms with Crippen LogP contribution in [0.25, 0.3) is 11.1 Å². The number of amides is 2. The summed E-state index contributed by atoms with van der Waals surface area (Å²) in [7, 11) is 0. The Kier molecular flexibility index (Phi) is 5.39. The van der Waals surface area contributed by atoms with E-state index < -0.39 is 17.4 Å². The van der Waals surface area contributed by atoms with Gasteiger partial charge in [-0.2, -0.15) is 0 Å². The van der Waals surface area contributed by atoms with Crippen LogP contribution in [0.2, 0.25) is 5.02 Å². The van der Waals surface area contributed by atoms with E-state index in [0.717, 1.165) is 0 Å². The van der Waals surface area contributed by atoms with Crippen molar-refractivity contribution in [3.05, 3.63) is 47.0 Å². The molecule has 2 aromatic rings. The van der Waals surface area contributed by atoms with E-state index in [1.807, 2.05) is 20.8 Å². The highest BCUT2D eigenvalue weighted by molar-refractivity contribution is 6.30. The van der Waals surface area contributed by atoms with E-state index >= 15 is 0 Å². The zero-order chi connectivity index (χ0) is 20.6. The molecule has 1 aromatic carbocycles. The lowest BCUT2D eigenvalue weighted by Gasteiger charge is -2.35. The third-order valence-corrected chi connectivity index (χ3v) is 5.17. The summed E-state index contributed by atoms with van der Waals surface area (Å²) in [6.07, 6.45) is 1.26. The molecule has 8 heteroatoms. The summed E-state index contributed by atoms with van der Waals surface area (Å²) >= 11 is 5.99. The van der Waals surface area contributed by atoms with Crippen molar-refractivity contribution >= 4 is 23.6 Å². The Morgan fingerprint density at radius 3 is 2.75 bits per heavy atom. The molecule has 28 heavy (non-hydrogen) atoms. The quantitative estimate of drug-likeness (QED) is 0.788. The van der Waals surface area contributed by atoms with Gasteiger partial charge in [-0.1, -0.05) is 11.6 Å². The first kappa shape index (κ1) is 20.2. The van der Waals surface area contributed by atoms with Crippen LogP contribution in [0.3, 0.4) is 0 Å². The Labute approximate surface area is 167 Å². The smallest absolute Gasteiger partial charge is 0.407 e. The first-order valence-corrected chi connectivity index (χ1v) is 9.42. The number of nitrogens with zero attached hydrogens (tertiary/aromatic N) is 2. The molecule has 2 heterocycles. The van der Waals surface area contributed by atoms with Gasteiger partial charge in [-0.05, 0) is 51.5 Å². The Bertz CT molecular complexity index is 920. The third kappa shape index (κ3) is 3.99.